The van der Waals surface area contributed by atoms with Crippen LogP contribution in [0.3, 0.4) is 0 Å². The van der Waals surface area contributed by atoms with Gasteiger partial charge in [-0.25, -0.2) is 0 Å². The number of hydrogen-bond donors (Lipinski definition) is 0. The molecule has 0 saturated heterocycles. The van der Waals surface area contributed by atoms with Gasteiger partial charge in [0.1, 0.15) is 12.3 Å². The van der Waals surface area contributed by atoms with Crippen molar-refractivity contribution in [1.29, 1.82) is 0 Å². The third kappa shape index (κ3) is 3.16. The van der Waals surface area contributed by atoms with Gasteiger partial charge in [0.2, 0.25) is 0 Å². The van der Waals surface area contributed by atoms with Crippen LogP contribution in [-0.4, -0.2) is 43.2 Å². The van der Waals surface area contributed by atoms with Crippen LogP contribution in [0.1, 0.15) is 33.5 Å². The van der Waals surface area contributed by atoms with Crippen LogP contribution in [0, 0.1) is 6.92 Å². The highest BCUT2D eigenvalue weighted by Gasteiger charge is 2.31. The number of aryl methyl sites for hydroxylation is 1. The molecule has 4 aromatic rings. The first-order valence-electron chi connectivity index (χ1n) is 8.73. The molecule has 0 aliphatic rings. The van der Waals surface area contributed by atoms with Gasteiger partial charge in [-0.1, -0.05) is 53.7 Å². The van der Waals surface area contributed by atoms with Crippen molar-refractivity contribution in [2.24, 2.45) is 0 Å². The maximum Gasteiger partial charge on any atom is 0.276 e. The first-order valence-corrected chi connectivity index (χ1v) is 8.73. The highest BCUT2D eigenvalue weighted by molar-refractivity contribution is 5.92. The number of tetrazole rings is 1. The first kappa shape index (κ1) is 17.6. The maximum absolute atomic E-state index is 13.0. The van der Waals surface area contributed by atoms with Gasteiger partial charge in [-0.15, -0.1) is 5.10 Å². The molecule has 1 atom stereocenters. The van der Waals surface area contributed by atoms with Crippen LogP contribution in [0.2, 0.25) is 0 Å². The zero-order chi connectivity index (χ0) is 19.5. The summed E-state index contributed by atoms with van der Waals surface area (Å²) in [6, 6.07) is 18.5. The Bertz CT molecular complexity index is 1080. The van der Waals surface area contributed by atoms with Crippen LogP contribution < -0.4 is 0 Å². The molecule has 0 unspecified atom stereocenters. The third-order valence-corrected chi connectivity index (χ3v) is 4.56. The van der Waals surface area contributed by atoms with Gasteiger partial charge >= 0.3 is 0 Å². The number of para-hydroxylation sites is 1. The second-order valence-electron chi connectivity index (χ2n) is 6.35. The molecule has 8 nitrogen and oxygen atoms in total. The lowest BCUT2D eigenvalue weighted by Gasteiger charge is -2.27. The molecule has 0 aliphatic carbocycles. The second-order valence-corrected chi connectivity index (χ2v) is 6.35. The summed E-state index contributed by atoms with van der Waals surface area (Å²) in [5.41, 5.74) is 2.98. The van der Waals surface area contributed by atoms with E-state index in [1.807, 2.05) is 61.5 Å². The Kier molecular flexibility index (Phi) is 4.67. The standard InChI is InChI=1S/C20H18N6O2/c1-14-8-6-7-11-17(14)26-19(21-23-24-26)18(15-9-4-3-5-10-15)25(2)20(27)16-12-13-28-22-16/h3-13,18H,1-2H3/t18-/m1/s1. The average molecular weight is 374 g/mol. The van der Waals surface area contributed by atoms with Gasteiger partial charge in [-0.2, -0.15) is 4.68 Å². The summed E-state index contributed by atoms with van der Waals surface area (Å²) in [7, 11) is 1.70. The summed E-state index contributed by atoms with van der Waals surface area (Å²) in [6.07, 6.45) is 1.37. The van der Waals surface area contributed by atoms with Crippen LogP contribution in [0.4, 0.5) is 0 Å². The molecule has 2 aromatic heterocycles. The Morgan fingerprint density at radius 1 is 1.07 bits per heavy atom. The van der Waals surface area contributed by atoms with E-state index in [0.717, 1.165) is 16.8 Å². The number of nitrogens with zero attached hydrogens (tertiary/aromatic N) is 6. The molecule has 8 heteroatoms. The van der Waals surface area contributed by atoms with Gasteiger partial charge in [0.25, 0.3) is 5.91 Å². The minimum atomic E-state index is -0.514. The van der Waals surface area contributed by atoms with Crippen molar-refractivity contribution in [2.45, 2.75) is 13.0 Å². The van der Waals surface area contributed by atoms with Gasteiger partial charge in [-0.05, 0) is 34.5 Å². The smallest absolute Gasteiger partial charge is 0.276 e. The number of hydrogen-bond acceptors (Lipinski definition) is 6. The number of aromatic nitrogens is 5. The number of carbonyl (C=O) groups excluding carboxylic acids is 1. The monoisotopic (exact) mass is 374 g/mol. The SMILES string of the molecule is Cc1ccccc1-n1nnnc1[C@@H](c1ccccc1)N(C)C(=O)c1ccon1. The summed E-state index contributed by atoms with van der Waals surface area (Å²) >= 11 is 0. The van der Waals surface area contributed by atoms with E-state index >= 15 is 0 Å². The maximum atomic E-state index is 13.0. The summed E-state index contributed by atoms with van der Waals surface area (Å²) in [5.74, 6) is 0.238. The second kappa shape index (κ2) is 7.43. The first-order chi connectivity index (χ1) is 13.7. The Labute approximate surface area is 161 Å². The van der Waals surface area contributed by atoms with Crippen LogP contribution in [0.25, 0.3) is 5.69 Å². The Morgan fingerprint density at radius 2 is 1.82 bits per heavy atom. The fourth-order valence-electron chi connectivity index (χ4n) is 3.14. The van der Waals surface area contributed by atoms with Crippen molar-refractivity contribution in [1.82, 2.24) is 30.3 Å². The normalized spacial score (nSPS) is 11.9. The van der Waals surface area contributed by atoms with Crippen LogP contribution in [-0.2, 0) is 0 Å². The lowest BCUT2D eigenvalue weighted by atomic mass is 10.0. The van der Waals surface area contributed by atoms with Crippen molar-refractivity contribution in [2.75, 3.05) is 7.05 Å². The largest absolute Gasteiger partial charge is 0.364 e. The van der Waals surface area contributed by atoms with E-state index in [-0.39, 0.29) is 11.6 Å². The average Bonchev–Trinajstić information content (AvgIpc) is 3.41. The molecule has 2 heterocycles. The minimum absolute atomic E-state index is 0.221. The van der Waals surface area contributed by atoms with E-state index in [1.54, 1.807) is 16.6 Å². The Balaban J connectivity index is 1.83. The topological polar surface area (TPSA) is 89.9 Å². The molecule has 140 valence electrons. The Hall–Kier alpha value is -3.81. The summed E-state index contributed by atoms with van der Waals surface area (Å²) < 4.78 is 6.49. The van der Waals surface area contributed by atoms with Gasteiger partial charge in [0, 0.05) is 13.1 Å². The molecule has 0 aliphatic heterocycles. The quantitative estimate of drug-likeness (QED) is 0.534. The van der Waals surface area contributed by atoms with Crippen molar-refractivity contribution >= 4 is 5.91 Å². The summed E-state index contributed by atoms with van der Waals surface area (Å²) in [4.78, 5) is 14.5. The molecule has 4 rings (SSSR count). The lowest BCUT2D eigenvalue weighted by molar-refractivity contribution is 0.0738. The number of carbonyl (C=O) groups is 1. The van der Waals surface area contributed by atoms with E-state index < -0.39 is 6.04 Å². The molecule has 0 radical (unpaired) electrons. The zero-order valence-electron chi connectivity index (χ0n) is 15.4. The van der Waals surface area contributed by atoms with Gasteiger partial charge in [-0.3, -0.25) is 4.79 Å². The van der Waals surface area contributed by atoms with E-state index in [4.69, 9.17) is 4.52 Å². The number of amides is 1. The molecule has 0 fully saturated rings. The molecule has 28 heavy (non-hydrogen) atoms. The van der Waals surface area contributed by atoms with Crippen molar-refractivity contribution in [3.05, 3.63) is 89.6 Å². The van der Waals surface area contributed by atoms with E-state index in [2.05, 4.69) is 20.7 Å². The zero-order valence-corrected chi connectivity index (χ0v) is 15.4. The van der Waals surface area contributed by atoms with Crippen molar-refractivity contribution in [3.63, 3.8) is 0 Å². The predicted octanol–water partition coefficient (Wildman–Crippen LogP) is 2.82. The van der Waals surface area contributed by atoms with Gasteiger partial charge in [0.05, 0.1) is 5.69 Å². The van der Waals surface area contributed by atoms with E-state index in [0.29, 0.717) is 5.82 Å². The molecule has 0 saturated carbocycles. The molecule has 0 N–H and O–H groups in total. The predicted molar refractivity (Wildman–Crippen MR) is 101 cm³/mol. The lowest BCUT2D eigenvalue weighted by Crippen LogP contribution is -2.34. The van der Waals surface area contributed by atoms with E-state index in [1.165, 1.54) is 12.3 Å². The third-order valence-electron chi connectivity index (χ3n) is 4.56. The number of benzene rings is 2. The molecule has 1 amide bonds. The van der Waals surface area contributed by atoms with Crippen LogP contribution >= 0.6 is 0 Å². The fourth-order valence-corrected chi connectivity index (χ4v) is 3.14. The van der Waals surface area contributed by atoms with E-state index in [9.17, 15) is 4.79 Å². The van der Waals surface area contributed by atoms with Gasteiger partial charge < -0.3 is 9.42 Å². The summed E-state index contributed by atoms with van der Waals surface area (Å²) in [6.45, 7) is 1.99. The van der Waals surface area contributed by atoms with Crippen LogP contribution in [0.15, 0.2) is 71.4 Å². The molecule has 2 aromatic carbocycles. The highest BCUT2D eigenvalue weighted by Crippen LogP contribution is 2.29. The Morgan fingerprint density at radius 3 is 2.54 bits per heavy atom. The van der Waals surface area contributed by atoms with Crippen molar-refractivity contribution < 1.29 is 9.32 Å². The molecule has 0 bridgehead atoms. The van der Waals surface area contributed by atoms with Crippen LogP contribution in [0.5, 0.6) is 0 Å². The number of rotatable bonds is 5. The highest BCUT2D eigenvalue weighted by atomic mass is 16.5. The molecular formula is C20H18N6O2. The van der Waals surface area contributed by atoms with Gasteiger partial charge in [0.15, 0.2) is 11.5 Å². The molecular weight excluding hydrogens is 356 g/mol. The fraction of sp³-hybridized carbons (Fsp3) is 0.150. The van der Waals surface area contributed by atoms with Crippen molar-refractivity contribution in [3.8, 4) is 5.69 Å². The molecule has 0 spiro atoms. The summed E-state index contributed by atoms with van der Waals surface area (Å²) in [5, 5.41) is 16.1. The minimum Gasteiger partial charge on any atom is -0.364 e.